The zero-order valence-corrected chi connectivity index (χ0v) is 11.2. The molecule has 0 aliphatic rings. The number of benzene rings is 2. The van der Waals surface area contributed by atoms with Crippen molar-refractivity contribution in [2.45, 2.75) is 0 Å². The van der Waals surface area contributed by atoms with E-state index in [0.29, 0.717) is 0 Å². The fraction of sp³-hybridized carbons (Fsp3) is 0.0588. The van der Waals surface area contributed by atoms with Crippen molar-refractivity contribution < 1.29 is 5.11 Å². The highest BCUT2D eigenvalue weighted by molar-refractivity contribution is 6.30. The fourth-order valence-electron chi connectivity index (χ4n) is 1.78. The van der Waals surface area contributed by atoms with Crippen molar-refractivity contribution in [2.75, 3.05) is 6.61 Å². The Labute approximate surface area is 118 Å². The average molecular weight is 271 g/mol. The molecule has 2 aromatic carbocycles. The van der Waals surface area contributed by atoms with Gasteiger partial charge < -0.3 is 5.11 Å². The van der Waals surface area contributed by atoms with Gasteiger partial charge in [0.05, 0.1) is 6.61 Å². The van der Waals surface area contributed by atoms with Crippen molar-refractivity contribution in [3.05, 3.63) is 82.9 Å². The summed E-state index contributed by atoms with van der Waals surface area (Å²) in [5.74, 6) is 0. The van der Waals surface area contributed by atoms with Crippen LogP contribution < -0.4 is 0 Å². The minimum atomic E-state index is 0.0325. The highest BCUT2D eigenvalue weighted by Gasteiger charge is 1.98. The molecule has 0 aliphatic carbocycles. The molecule has 0 atom stereocenters. The van der Waals surface area contributed by atoms with Crippen molar-refractivity contribution in [1.29, 1.82) is 0 Å². The molecule has 2 rings (SSSR count). The van der Waals surface area contributed by atoms with Crippen LogP contribution in [-0.4, -0.2) is 11.7 Å². The Morgan fingerprint density at radius 1 is 1.00 bits per heavy atom. The Kier molecular flexibility index (Phi) is 4.96. The van der Waals surface area contributed by atoms with Gasteiger partial charge in [0, 0.05) is 5.02 Å². The monoisotopic (exact) mass is 270 g/mol. The second-order valence-electron chi connectivity index (χ2n) is 4.10. The van der Waals surface area contributed by atoms with Gasteiger partial charge in [-0.25, -0.2) is 0 Å². The van der Waals surface area contributed by atoms with Gasteiger partial charge in [0.1, 0.15) is 0 Å². The Hall–Kier alpha value is -1.83. The Balaban J connectivity index is 2.37. The van der Waals surface area contributed by atoms with Crippen molar-refractivity contribution in [3.63, 3.8) is 0 Å². The van der Waals surface area contributed by atoms with E-state index >= 15 is 0 Å². The number of aliphatic hydroxyl groups is 1. The molecule has 0 saturated heterocycles. The summed E-state index contributed by atoms with van der Waals surface area (Å²) in [5.41, 5.74) is 3.24. The van der Waals surface area contributed by atoms with Gasteiger partial charge in [-0.05, 0) is 34.9 Å². The molecule has 0 heterocycles. The Bertz CT molecular complexity index is 568. The number of halogens is 1. The number of aliphatic hydroxyl groups excluding tert-OH is 1. The van der Waals surface area contributed by atoms with Crippen molar-refractivity contribution in [1.82, 2.24) is 0 Å². The summed E-state index contributed by atoms with van der Waals surface area (Å²) in [5, 5.41) is 9.66. The normalized spacial score (nSPS) is 12.0. The van der Waals surface area contributed by atoms with Crippen molar-refractivity contribution in [2.24, 2.45) is 0 Å². The molecule has 0 radical (unpaired) electrons. The molecule has 2 heteroatoms. The summed E-state index contributed by atoms with van der Waals surface area (Å²) in [7, 11) is 0. The molecule has 0 spiro atoms. The van der Waals surface area contributed by atoms with Crippen LogP contribution in [0.5, 0.6) is 0 Å². The molecule has 1 nitrogen and oxygen atoms in total. The fourth-order valence-corrected chi connectivity index (χ4v) is 1.90. The SMILES string of the molecule is OC/C=C/C(=C/c1ccc(Cl)cc1)c1ccccc1. The predicted molar refractivity (Wildman–Crippen MR) is 82.0 cm³/mol. The topological polar surface area (TPSA) is 20.2 Å². The quantitative estimate of drug-likeness (QED) is 0.644. The van der Waals surface area contributed by atoms with Crippen LogP contribution in [0.2, 0.25) is 5.02 Å². The Morgan fingerprint density at radius 3 is 2.32 bits per heavy atom. The molecule has 0 bridgehead atoms. The van der Waals surface area contributed by atoms with Gasteiger partial charge in [-0.3, -0.25) is 0 Å². The lowest BCUT2D eigenvalue weighted by molar-refractivity contribution is 0.343. The van der Waals surface area contributed by atoms with Gasteiger partial charge in [-0.2, -0.15) is 0 Å². The van der Waals surface area contributed by atoms with Crippen molar-refractivity contribution >= 4 is 23.3 Å². The lowest BCUT2D eigenvalue weighted by Crippen LogP contribution is -1.82. The summed E-state index contributed by atoms with van der Waals surface area (Å²) in [6, 6.07) is 17.7. The van der Waals surface area contributed by atoms with E-state index in [2.05, 4.69) is 6.08 Å². The summed E-state index contributed by atoms with van der Waals surface area (Å²) >= 11 is 5.88. The van der Waals surface area contributed by atoms with E-state index in [1.807, 2.05) is 60.7 Å². The van der Waals surface area contributed by atoms with E-state index in [-0.39, 0.29) is 6.61 Å². The maximum Gasteiger partial charge on any atom is 0.0615 e. The first-order chi connectivity index (χ1) is 9.29. The van der Waals surface area contributed by atoms with Crippen LogP contribution in [0.3, 0.4) is 0 Å². The third kappa shape index (κ3) is 4.09. The van der Waals surface area contributed by atoms with Crippen LogP contribution in [-0.2, 0) is 0 Å². The number of allylic oxidation sites excluding steroid dienone is 2. The first-order valence-corrected chi connectivity index (χ1v) is 6.47. The van der Waals surface area contributed by atoms with Gasteiger partial charge >= 0.3 is 0 Å². The lowest BCUT2D eigenvalue weighted by atomic mass is 10.0. The predicted octanol–water partition coefficient (Wildman–Crippen LogP) is 4.43. The van der Waals surface area contributed by atoms with Crippen LogP contribution in [0.4, 0.5) is 0 Å². The third-order valence-electron chi connectivity index (χ3n) is 2.70. The molecule has 1 N–H and O–H groups in total. The Morgan fingerprint density at radius 2 is 1.68 bits per heavy atom. The molecule has 0 saturated carbocycles. The van der Waals surface area contributed by atoms with E-state index in [9.17, 15) is 0 Å². The molecule has 0 amide bonds. The zero-order valence-electron chi connectivity index (χ0n) is 10.5. The minimum absolute atomic E-state index is 0.0325. The average Bonchev–Trinajstić information content (AvgIpc) is 2.46. The van der Waals surface area contributed by atoms with Crippen LogP contribution >= 0.6 is 11.6 Å². The number of hydrogen-bond acceptors (Lipinski definition) is 1. The molecule has 0 aliphatic heterocycles. The van der Waals surface area contributed by atoms with Crippen LogP contribution in [0.15, 0.2) is 66.7 Å². The molecule has 19 heavy (non-hydrogen) atoms. The zero-order chi connectivity index (χ0) is 13.5. The maximum atomic E-state index is 8.93. The minimum Gasteiger partial charge on any atom is -0.392 e. The second-order valence-corrected chi connectivity index (χ2v) is 4.54. The van der Waals surface area contributed by atoms with Gasteiger partial charge in [-0.15, -0.1) is 0 Å². The first-order valence-electron chi connectivity index (χ1n) is 6.09. The molecular formula is C17H15ClO. The first kappa shape index (κ1) is 13.6. The van der Waals surface area contributed by atoms with Gasteiger partial charge in [0.15, 0.2) is 0 Å². The highest BCUT2D eigenvalue weighted by atomic mass is 35.5. The van der Waals surface area contributed by atoms with Crippen LogP contribution in [0.1, 0.15) is 11.1 Å². The molecule has 96 valence electrons. The molecular weight excluding hydrogens is 256 g/mol. The second kappa shape index (κ2) is 6.93. The standard InChI is InChI=1S/C17H15ClO/c18-17-10-8-14(9-11-17)13-16(7-4-12-19)15-5-2-1-3-6-15/h1-11,13,19H,12H2/b7-4+,16-13-. The number of hydrogen-bond donors (Lipinski definition) is 1. The molecule has 0 unspecified atom stereocenters. The summed E-state index contributed by atoms with van der Waals surface area (Å²) in [6.45, 7) is 0.0325. The van der Waals surface area contributed by atoms with E-state index < -0.39 is 0 Å². The third-order valence-corrected chi connectivity index (χ3v) is 2.95. The largest absolute Gasteiger partial charge is 0.392 e. The van der Waals surface area contributed by atoms with E-state index in [1.165, 1.54) is 0 Å². The molecule has 0 aromatic heterocycles. The van der Waals surface area contributed by atoms with Gasteiger partial charge in [-0.1, -0.05) is 66.2 Å². The van der Waals surface area contributed by atoms with E-state index in [1.54, 1.807) is 6.08 Å². The maximum absolute atomic E-state index is 8.93. The summed E-state index contributed by atoms with van der Waals surface area (Å²) in [4.78, 5) is 0. The molecule has 2 aromatic rings. The van der Waals surface area contributed by atoms with Crippen LogP contribution in [0, 0.1) is 0 Å². The highest BCUT2D eigenvalue weighted by Crippen LogP contribution is 2.20. The van der Waals surface area contributed by atoms with Gasteiger partial charge in [0.25, 0.3) is 0 Å². The molecule has 0 fully saturated rings. The van der Waals surface area contributed by atoms with Gasteiger partial charge in [0.2, 0.25) is 0 Å². The van der Waals surface area contributed by atoms with Crippen molar-refractivity contribution in [3.8, 4) is 0 Å². The summed E-state index contributed by atoms with van der Waals surface area (Å²) in [6.07, 6.45) is 5.72. The van der Waals surface area contributed by atoms with E-state index in [4.69, 9.17) is 16.7 Å². The lowest BCUT2D eigenvalue weighted by Gasteiger charge is -2.03. The van der Waals surface area contributed by atoms with E-state index in [0.717, 1.165) is 21.7 Å². The smallest absolute Gasteiger partial charge is 0.0615 e. The van der Waals surface area contributed by atoms with Crippen LogP contribution in [0.25, 0.3) is 11.6 Å². The number of rotatable bonds is 4. The summed E-state index contributed by atoms with van der Waals surface area (Å²) < 4.78 is 0.